The van der Waals surface area contributed by atoms with Gasteiger partial charge in [0, 0.05) is 31.7 Å². The van der Waals surface area contributed by atoms with Crippen LogP contribution in [0.5, 0.6) is 0 Å². The summed E-state index contributed by atoms with van der Waals surface area (Å²) in [7, 11) is 0. The first-order valence-electron chi connectivity index (χ1n) is 7.50. The Morgan fingerprint density at radius 2 is 1.78 bits per heavy atom. The van der Waals surface area contributed by atoms with E-state index in [1.54, 1.807) is 0 Å². The number of nitrogens with one attached hydrogen (secondary N) is 1. The van der Waals surface area contributed by atoms with Crippen LogP contribution >= 0.6 is 0 Å². The van der Waals surface area contributed by atoms with Gasteiger partial charge in [0.1, 0.15) is 0 Å². The lowest BCUT2D eigenvalue weighted by molar-refractivity contribution is -0.130. The van der Waals surface area contributed by atoms with Gasteiger partial charge in [0.2, 0.25) is 5.91 Å². The number of carbonyl (C=O) groups is 1. The van der Waals surface area contributed by atoms with Gasteiger partial charge in [-0.2, -0.15) is 0 Å². The van der Waals surface area contributed by atoms with E-state index < -0.39 is 0 Å². The summed E-state index contributed by atoms with van der Waals surface area (Å²) < 4.78 is 0. The molecule has 4 heteroatoms. The van der Waals surface area contributed by atoms with Crippen LogP contribution in [-0.2, 0) is 4.79 Å². The SMILES string of the molecule is CCN(CCNCC(=O)N(CC)C1CC1)C1CC1. The first-order valence-corrected chi connectivity index (χ1v) is 7.50. The molecule has 0 bridgehead atoms. The molecule has 0 aromatic heterocycles. The summed E-state index contributed by atoms with van der Waals surface area (Å²) in [6, 6.07) is 1.37. The summed E-state index contributed by atoms with van der Waals surface area (Å²) >= 11 is 0. The maximum absolute atomic E-state index is 12.0. The van der Waals surface area contributed by atoms with Crippen LogP contribution in [0.25, 0.3) is 0 Å². The quantitative estimate of drug-likeness (QED) is 0.624. The van der Waals surface area contributed by atoms with Crippen LogP contribution in [0.1, 0.15) is 39.5 Å². The zero-order valence-electron chi connectivity index (χ0n) is 11.8. The van der Waals surface area contributed by atoms with E-state index in [1.807, 2.05) is 4.90 Å². The summed E-state index contributed by atoms with van der Waals surface area (Å²) in [5.74, 6) is 0.273. The first-order chi connectivity index (χ1) is 8.76. The van der Waals surface area contributed by atoms with Gasteiger partial charge in [-0.3, -0.25) is 9.69 Å². The normalized spacial score (nSPS) is 19.3. The molecule has 1 N–H and O–H groups in total. The lowest BCUT2D eigenvalue weighted by atomic mass is 10.4. The second-order valence-corrected chi connectivity index (χ2v) is 5.45. The third kappa shape index (κ3) is 3.95. The van der Waals surface area contributed by atoms with Gasteiger partial charge in [0.05, 0.1) is 6.54 Å². The molecule has 0 atom stereocenters. The zero-order chi connectivity index (χ0) is 13.0. The number of carbonyl (C=O) groups excluding carboxylic acids is 1. The van der Waals surface area contributed by atoms with Gasteiger partial charge >= 0.3 is 0 Å². The van der Waals surface area contributed by atoms with Crippen LogP contribution in [0.3, 0.4) is 0 Å². The Morgan fingerprint density at radius 3 is 2.28 bits per heavy atom. The summed E-state index contributed by atoms with van der Waals surface area (Å²) in [5.41, 5.74) is 0. The van der Waals surface area contributed by atoms with Gasteiger partial charge in [0.15, 0.2) is 0 Å². The molecule has 2 aliphatic rings. The Bertz CT molecular complexity index is 274. The molecule has 0 aromatic carbocycles. The second kappa shape index (κ2) is 6.53. The van der Waals surface area contributed by atoms with E-state index in [2.05, 4.69) is 24.1 Å². The van der Waals surface area contributed by atoms with Gasteiger partial charge in [-0.25, -0.2) is 0 Å². The van der Waals surface area contributed by atoms with Crippen molar-refractivity contribution in [2.75, 3.05) is 32.7 Å². The Kier molecular flexibility index (Phi) is 5.01. The maximum atomic E-state index is 12.0. The van der Waals surface area contributed by atoms with E-state index in [9.17, 15) is 4.79 Å². The highest BCUT2D eigenvalue weighted by Crippen LogP contribution is 2.26. The van der Waals surface area contributed by atoms with Gasteiger partial charge in [-0.15, -0.1) is 0 Å². The van der Waals surface area contributed by atoms with Crippen LogP contribution in [-0.4, -0.2) is 60.5 Å². The molecule has 0 aromatic rings. The molecular formula is C14H27N3O. The fraction of sp³-hybridized carbons (Fsp3) is 0.929. The van der Waals surface area contributed by atoms with E-state index in [0.717, 1.165) is 32.2 Å². The van der Waals surface area contributed by atoms with E-state index in [-0.39, 0.29) is 5.91 Å². The highest BCUT2D eigenvalue weighted by atomic mass is 16.2. The molecule has 18 heavy (non-hydrogen) atoms. The Morgan fingerprint density at radius 1 is 1.11 bits per heavy atom. The van der Waals surface area contributed by atoms with Gasteiger partial charge in [-0.1, -0.05) is 6.92 Å². The summed E-state index contributed by atoms with van der Waals surface area (Å²) in [5, 5.41) is 3.30. The Hall–Kier alpha value is -0.610. The fourth-order valence-corrected chi connectivity index (χ4v) is 2.58. The second-order valence-electron chi connectivity index (χ2n) is 5.45. The monoisotopic (exact) mass is 253 g/mol. The fourth-order valence-electron chi connectivity index (χ4n) is 2.58. The third-order valence-corrected chi connectivity index (χ3v) is 3.97. The maximum Gasteiger partial charge on any atom is 0.236 e. The van der Waals surface area contributed by atoms with E-state index in [4.69, 9.17) is 0 Å². The molecule has 104 valence electrons. The molecule has 2 aliphatic carbocycles. The Balaban J connectivity index is 1.57. The van der Waals surface area contributed by atoms with Crippen molar-refractivity contribution < 1.29 is 4.79 Å². The highest BCUT2D eigenvalue weighted by Gasteiger charge is 2.31. The molecule has 0 unspecified atom stereocenters. The lowest BCUT2D eigenvalue weighted by Gasteiger charge is -2.22. The Labute approximate surface area is 111 Å². The molecule has 2 fully saturated rings. The van der Waals surface area contributed by atoms with Crippen molar-refractivity contribution in [3.8, 4) is 0 Å². The van der Waals surface area contributed by atoms with Crippen molar-refractivity contribution in [1.82, 2.24) is 15.1 Å². The summed E-state index contributed by atoms with van der Waals surface area (Å²) in [6.07, 6.45) is 5.12. The molecule has 0 spiro atoms. The largest absolute Gasteiger partial charge is 0.339 e. The lowest BCUT2D eigenvalue weighted by Crippen LogP contribution is -2.41. The van der Waals surface area contributed by atoms with Crippen LogP contribution in [0.15, 0.2) is 0 Å². The predicted molar refractivity (Wildman–Crippen MR) is 73.5 cm³/mol. The molecule has 0 saturated heterocycles. The minimum atomic E-state index is 0.273. The molecular weight excluding hydrogens is 226 g/mol. The molecule has 0 aliphatic heterocycles. The van der Waals surface area contributed by atoms with Crippen molar-refractivity contribution >= 4 is 5.91 Å². The number of nitrogens with zero attached hydrogens (tertiary/aromatic N) is 2. The molecule has 0 radical (unpaired) electrons. The number of amides is 1. The van der Waals surface area contributed by atoms with E-state index in [1.165, 1.54) is 25.7 Å². The average Bonchev–Trinajstić information content (AvgIpc) is 3.22. The molecule has 0 heterocycles. The van der Waals surface area contributed by atoms with Gasteiger partial charge in [-0.05, 0) is 39.2 Å². The van der Waals surface area contributed by atoms with Crippen LogP contribution in [0.4, 0.5) is 0 Å². The minimum Gasteiger partial charge on any atom is -0.339 e. The van der Waals surface area contributed by atoms with Gasteiger partial charge < -0.3 is 10.2 Å². The van der Waals surface area contributed by atoms with Crippen molar-refractivity contribution in [3.63, 3.8) is 0 Å². The predicted octanol–water partition coefficient (Wildman–Crippen LogP) is 1.07. The highest BCUT2D eigenvalue weighted by molar-refractivity contribution is 5.78. The van der Waals surface area contributed by atoms with Crippen LogP contribution < -0.4 is 5.32 Å². The topological polar surface area (TPSA) is 35.6 Å². The number of hydrogen-bond acceptors (Lipinski definition) is 3. The smallest absolute Gasteiger partial charge is 0.236 e. The van der Waals surface area contributed by atoms with Crippen molar-refractivity contribution in [2.24, 2.45) is 0 Å². The molecule has 4 nitrogen and oxygen atoms in total. The van der Waals surface area contributed by atoms with Crippen LogP contribution in [0.2, 0.25) is 0 Å². The third-order valence-electron chi connectivity index (χ3n) is 3.97. The molecule has 2 rings (SSSR count). The minimum absolute atomic E-state index is 0.273. The standard InChI is InChI=1S/C14H27N3O/c1-3-16(12-5-6-12)10-9-15-11-14(18)17(4-2)13-7-8-13/h12-13,15H,3-11H2,1-2H3. The first kappa shape index (κ1) is 13.8. The number of rotatable bonds is 9. The molecule has 1 amide bonds. The van der Waals surface area contributed by atoms with E-state index >= 15 is 0 Å². The average molecular weight is 253 g/mol. The summed E-state index contributed by atoms with van der Waals surface area (Å²) in [6.45, 7) is 8.78. The van der Waals surface area contributed by atoms with Crippen LogP contribution in [0, 0.1) is 0 Å². The number of likely N-dealkylation sites (N-methyl/N-ethyl adjacent to an activating group) is 2. The van der Waals surface area contributed by atoms with Crippen molar-refractivity contribution in [3.05, 3.63) is 0 Å². The van der Waals surface area contributed by atoms with Crippen molar-refractivity contribution in [1.29, 1.82) is 0 Å². The van der Waals surface area contributed by atoms with Crippen molar-refractivity contribution in [2.45, 2.75) is 51.6 Å². The zero-order valence-corrected chi connectivity index (χ0v) is 11.8. The van der Waals surface area contributed by atoms with E-state index in [0.29, 0.717) is 12.6 Å². The summed E-state index contributed by atoms with van der Waals surface area (Å²) in [4.78, 5) is 16.5. The number of hydrogen-bond donors (Lipinski definition) is 1. The molecule has 2 saturated carbocycles. The van der Waals surface area contributed by atoms with Gasteiger partial charge in [0.25, 0.3) is 0 Å².